The molecule has 1 amide bonds. The average Bonchev–Trinajstić information content (AvgIpc) is 2.90. The van der Waals surface area contributed by atoms with Crippen molar-refractivity contribution in [3.8, 4) is 5.75 Å². The molecule has 0 bridgehead atoms. The highest BCUT2D eigenvalue weighted by molar-refractivity contribution is 9.10. The summed E-state index contributed by atoms with van der Waals surface area (Å²) in [5.74, 6) is 0.398. The molecule has 0 fully saturated rings. The van der Waals surface area contributed by atoms with Crippen molar-refractivity contribution in [3.63, 3.8) is 0 Å². The second kappa shape index (κ2) is 5.57. The summed E-state index contributed by atoms with van der Waals surface area (Å²) < 4.78 is 11.4. The van der Waals surface area contributed by atoms with Gasteiger partial charge in [0.05, 0.1) is 29.0 Å². The van der Waals surface area contributed by atoms with Gasteiger partial charge in [-0.05, 0) is 34.1 Å². The Kier molecular flexibility index (Phi) is 3.62. The van der Waals surface area contributed by atoms with Crippen LogP contribution in [-0.2, 0) is 0 Å². The summed E-state index contributed by atoms with van der Waals surface area (Å²) in [6.07, 6.45) is 4.66. The minimum absolute atomic E-state index is 0.251. The molecule has 0 atom stereocenters. The molecular formula is C15H11BrN2O3. The summed E-state index contributed by atoms with van der Waals surface area (Å²) in [5, 5.41) is 3.49. The van der Waals surface area contributed by atoms with Gasteiger partial charge in [0, 0.05) is 17.6 Å². The van der Waals surface area contributed by atoms with Crippen molar-refractivity contribution in [2.24, 2.45) is 0 Å². The zero-order valence-corrected chi connectivity index (χ0v) is 12.7. The number of aromatic nitrogens is 1. The highest BCUT2D eigenvalue weighted by Crippen LogP contribution is 2.33. The number of furan rings is 1. The van der Waals surface area contributed by atoms with E-state index >= 15 is 0 Å². The first-order valence-electron chi connectivity index (χ1n) is 6.15. The summed E-state index contributed by atoms with van der Waals surface area (Å²) in [5.41, 5.74) is 1.67. The fraction of sp³-hybridized carbons (Fsp3) is 0.0667. The van der Waals surface area contributed by atoms with E-state index in [4.69, 9.17) is 9.15 Å². The number of nitrogens with zero attached hydrogens (tertiary/aromatic N) is 1. The molecule has 0 spiro atoms. The Hall–Kier alpha value is -2.34. The molecule has 0 saturated heterocycles. The van der Waals surface area contributed by atoms with Gasteiger partial charge in [-0.2, -0.15) is 0 Å². The van der Waals surface area contributed by atoms with E-state index < -0.39 is 0 Å². The quantitative estimate of drug-likeness (QED) is 0.782. The molecule has 6 heteroatoms. The van der Waals surface area contributed by atoms with Crippen molar-refractivity contribution in [3.05, 3.63) is 53.0 Å². The van der Waals surface area contributed by atoms with Crippen molar-refractivity contribution in [1.82, 2.24) is 4.98 Å². The summed E-state index contributed by atoms with van der Waals surface area (Å²) in [6.45, 7) is 0. The maximum absolute atomic E-state index is 12.3. The van der Waals surface area contributed by atoms with Crippen molar-refractivity contribution >= 4 is 38.5 Å². The van der Waals surface area contributed by atoms with E-state index in [0.29, 0.717) is 28.0 Å². The van der Waals surface area contributed by atoms with Crippen LogP contribution in [0, 0.1) is 0 Å². The summed E-state index contributed by atoms with van der Waals surface area (Å²) in [4.78, 5) is 16.3. The van der Waals surface area contributed by atoms with Gasteiger partial charge in [-0.1, -0.05) is 0 Å². The number of fused-ring (bicyclic) bond motifs is 1. The molecule has 2 aromatic heterocycles. The van der Waals surface area contributed by atoms with E-state index in [1.54, 1.807) is 43.8 Å². The zero-order chi connectivity index (χ0) is 14.8. The second-order valence-corrected chi connectivity index (χ2v) is 5.18. The number of amides is 1. The molecular weight excluding hydrogens is 336 g/mol. The minimum atomic E-state index is -0.251. The van der Waals surface area contributed by atoms with Gasteiger partial charge in [-0.3, -0.25) is 9.78 Å². The molecule has 0 radical (unpaired) electrons. The average molecular weight is 347 g/mol. The molecule has 0 aliphatic rings. The van der Waals surface area contributed by atoms with Crippen molar-refractivity contribution in [2.75, 3.05) is 12.4 Å². The first kappa shape index (κ1) is 13.6. The number of benzene rings is 1. The molecule has 0 unspecified atom stereocenters. The Morgan fingerprint density at radius 3 is 3.00 bits per heavy atom. The van der Waals surface area contributed by atoms with Gasteiger partial charge >= 0.3 is 0 Å². The van der Waals surface area contributed by atoms with Crippen LogP contribution in [0.15, 0.2) is 51.8 Å². The molecule has 106 valence electrons. The molecule has 0 aliphatic heterocycles. The third-order valence-corrected chi connectivity index (χ3v) is 3.63. The summed E-state index contributed by atoms with van der Waals surface area (Å²) >= 11 is 3.40. The smallest absolute Gasteiger partial charge is 0.259 e. The Bertz CT molecular complexity index is 799. The van der Waals surface area contributed by atoms with Gasteiger partial charge in [0.1, 0.15) is 17.6 Å². The number of methoxy groups -OCH3 is 1. The number of nitrogens with one attached hydrogen (secondary N) is 1. The van der Waals surface area contributed by atoms with Crippen LogP contribution in [0.25, 0.3) is 11.0 Å². The number of ether oxygens (including phenoxy) is 1. The number of halogens is 1. The van der Waals surface area contributed by atoms with Crippen LogP contribution in [0.2, 0.25) is 0 Å². The molecule has 3 aromatic rings. The Morgan fingerprint density at radius 1 is 1.43 bits per heavy atom. The first-order valence-corrected chi connectivity index (χ1v) is 6.94. The topological polar surface area (TPSA) is 64.4 Å². The van der Waals surface area contributed by atoms with E-state index in [2.05, 4.69) is 26.2 Å². The number of anilines is 1. The predicted molar refractivity (Wildman–Crippen MR) is 82.7 cm³/mol. The fourth-order valence-electron chi connectivity index (χ4n) is 2.00. The van der Waals surface area contributed by atoms with Crippen LogP contribution >= 0.6 is 15.9 Å². The standard InChI is InChI=1S/C15H11BrN2O3/c1-20-14-6-13-10(5-12(14)16)11(8-21-13)15(19)18-9-3-2-4-17-7-9/h2-8H,1H3,(H,18,19). The zero-order valence-electron chi connectivity index (χ0n) is 11.1. The summed E-state index contributed by atoms with van der Waals surface area (Å²) in [7, 11) is 1.57. The summed E-state index contributed by atoms with van der Waals surface area (Å²) in [6, 6.07) is 7.06. The van der Waals surface area contributed by atoms with Gasteiger partial charge in [0.25, 0.3) is 5.91 Å². The van der Waals surface area contributed by atoms with Crippen molar-refractivity contribution in [1.29, 1.82) is 0 Å². The van der Waals surface area contributed by atoms with Gasteiger partial charge in [-0.25, -0.2) is 0 Å². The number of carbonyl (C=O) groups excluding carboxylic acids is 1. The minimum Gasteiger partial charge on any atom is -0.495 e. The number of pyridine rings is 1. The largest absolute Gasteiger partial charge is 0.495 e. The van der Waals surface area contributed by atoms with Crippen LogP contribution in [0.1, 0.15) is 10.4 Å². The first-order chi connectivity index (χ1) is 10.2. The van der Waals surface area contributed by atoms with Crippen molar-refractivity contribution in [2.45, 2.75) is 0 Å². The second-order valence-electron chi connectivity index (χ2n) is 4.33. The van der Waals surface area contributed by atoms with Crippen LogP contribution in [0.5, 0.6) is 5.75 Å². The van der Waals surface area contributed by atoms with E-state index in [-0.39, 0.29) is 5.91 Å². The van der Waals surface area contributed by atoms with Crippen molar-refractivity contribution < 1.29 is 13.9 Å². The monoisotopic (exact) mass is 346 g/mol. The fourth-order valence-corrected chi connectivity index (χ4v) is 2.50. The Labute approximate surface area is 129 Å². The maximum atomic E-state index is 12.3. The van der Waals surface area contributed by atoms with Crippen LogP contribution in [0.4, 0.5) is 5.69 Å². The molecule has 0 saturated carbocycles. The van der Waals surface area contributed by atoms with E-state index in [0.717, 1.165) is 4.47 Å². The lowest BCUT2D eigenvalue weighted by atomic mass is 10.1. The van der Waals surface area contributed by atoms with Crippen LogP contribution in [-0.4, -0.2) is 18.0 Å². The molecule has 5 nitrogen and oxygen atoms in total. The molecule has 21 heavy (non-hydrogen) atoms. The van der Waals surface area contributed by atoms with E-state index in [1.165, 1.54) is 6.26 Å². The molecule has 2 heterocycles. The van der Waals surface area contributed by atoms with Crippen LogP contribution < -0.4 is 10.1 Å². The van der Waals surface area contributed by atoms with Gasteiger partial charge in [-0.15, -0.1) is 0 Å². The predicted octanol–water partition coefficient (Wildman–Crippen LogP) is 3.85. The highest BCUT2D eigenvalue weighted by Gasteiger charge is 2.16. The van der Waals surface area contributed by atoms with Crippen LogP contribution in [0.3, 0.4) is 0 Å². The van der Waals surface area contributed by atoms with E-state index in [1.807, 2.05) is 0 Å². The van der Waals surface area contributed by atoms with Gasteiger partial charge in [0.2, 0.25) is 0 Å². The Morgan fingerprint density at radius 2 is 2.29 bits per heavy atom. The normalized spacial score (nSPS) is 10.6. The SMILES string of the molecule is COc1cc2occ(C(=O)Nc3cccnc3)c2cc1Br. The lowest BCUT2D eigenvalue weighted by Crippen LogP contribution is -2.11. The van der Waals surface area contributed by atoms with Gasteiger partial charge in [0.15, 0.2) is 0 Å². The number of hydrogen-bond donors (Lipinski definition) is 1. The lowest BCUT2D eigenvalue weighted by Gasteiger charge is -2.04. The van der Waals surface area contributed by atoms with E-state index in [9.17, 15) is 4.79 Å². The number of carbonyl (C=O) groups is 1. The highest BCUT2D eigenvalue weighted by atomic mass is 79.9. The lowest BCUT2D eigenvalue weighted by molar-refractivity contribution is 0.102. The molecule has 1 N–H and O–H groups in total. The molecule has 1 aromatic carbocycles. The number of hydrogen-bond acceptors (Lipinski definition) is 4. The van der Waals surface area contributed by atoms with Gasteiger partial charge < -0.3 is 14.5 Å². The third kappa shape index (κ3) is 2.62. The Balaban J connectivity index is 1.97. The molecule has 3 rings (SSSR count). The maximum Gasteiger partial charge on any atom is 0.259 e. The number of rotatable bonds is 3. The molecule has 0 aliphatic carbocycles. The third-order valence-electron chi connectivity index (χ3n) is 3.01.